The topological polar surface area (TPSA) is 54.2 Å². The molecule has 0 amide bonds. The van der Waals surface area contributed by atoms with E-state index in [2.05, 4.69) is 34.2 Å². The minimum Gasteiger partial charge on any atom is -0.338 e. The fraction of sp³-hybridized carbons (Fsp3) is 0.833. The number of nitrogens with one attached hydrogen (secondary N) is 1. The molecule has 5 heteroatoms. The number of rotatable bonds is 6. The lowest BCUT2D eigenvalue weighted by atomic mass is 10.2. The Bertz CT molecular complexity index is 333. The molecule has 0 aromatic carbocycles. The van der Waals surface area contributed by atoms with Crippen molar-refractivity contribution >= 4 is 5.95 Å². The van der Waals surface area contributed by atoms with E-state index in [1.54, 1.807) is 0 Å². The van der Waals surface area contributed by atoms with Crippen molar-refractivity contribution in [1.29, 1.82) is 0 Å². The van der Waals surface area contributed by atoms with Crippen LogP contribution in [-0.4, -0.2) is 35.8 Å². The standard InChI is InChI=1S/C12H22N4O/c1-3-6-13-10(2)9-11-14-12(15-17-11)16-7-4-5-8-16/h10,13H,3-9H2,1-2H3. The van der Waals surface area contributed by atoms with Gasteiger partial charge in [-0.25, -0.2) is 0 Å². The summed E-state index contributed by atoms with van der Waals surface area (Å²) in [7, 11) is 0. The van der Waals surface area contributed by atoms with Crippen molar-refractivity contribution in [2.24, 2.45) is 0 Å². The molecule has 96 valence electrons. The highest BCUT2D eigenvalue weighted by Crippen LogP contribution is 2.16. The average molecular weight is 238 g/mol. The monoisotopic (exact) mass is 238 g/mol. The summed E-state index contributed by atoms with van der Waals surface area (Å²) >= 11 is 0. The van der Waals surface area contributed by atoms with Crippen molar-refractivity contribution in [2.45, 2.75) is 45.6 Å². The van der Waals surface area contributed by atoms with E-state index < -0.39 is 0 Å². The van der Waals surface area contributed by atoms with Crippen LogP contribution >= 0.6 is 0 Å². The van der Waals surface area contributed by atoms with Crippen molar-refractivity contribution in [3.05, 3.63) is 5.89 Å². The second kappa shape index (κ2) is 6.00. The summed E-state index contributed by atoms with van der Waals surface area (Å²) in [5, 5.41) is 7.46. The minimum absolute atomic E-state index is 0.391. The Labute approximate surface area is 103 Å². The zero-order chi connectivity index (χ0) is 12.1. The zero-order valence-electron chi connectivity index (χ0n) is 10.8. The maximum absolute atomic E-state index is 5.28. The Morgan fingerprint density at radius 1 is 1.41 bits per heavy atom. The van der Waals surface area contributed by atoms with Crippen LogP contribution in [0.1, 0.15) is 39.0 Å². The van der Waals surface area contributed by atoms with Crippen LogP contribution in [0, 0.1) is 0 Å². The third kappa shape index (κ3) is 3.43. The second-order valence-electron chi connectivity index (χ2n) is 4.74. The van der Waals surface area contributed by atoms with E-state index in [4.69, 9.17) is 4.52 Å². The molecule has 2 heterocycles. The fourth-order valence-corrected chi connectivity index (χ4v) is 2.10. The van der Waals surface area contributed by atoms with Crippen molar-refractivity contribution in [3.63, 3.8) is 0 Å². The average Bonchev–Trinajstić information content (AvgIpc) is 2.95. The number of aromatic nitrogens is 2. The Balaban J connectivity index is 1.84. The highest BCUT2D eigenvalue weighted by molar-refractivity contribution is 5.28. The largest absolute Gasteiger partial charge is 0.338 e. The molecule has 0 saturated carbocycles. The maximum atomic E-state index is 5.28. The van der Waals surface area contributed by atoms with Crippen LogP contribution in [0.3, 0.4) is 0 Å². The predicted octanol–water partition coefficient (Wildman–Crippen LogP) is 1.60. The third-order valence-electron chi connectivity index (χ3n) is 3.07. The lowest BCUT2D eigenvalue weighted by molar-refractivity contribution is 0.361. The molecule has 0 bridgehead atoms. The second-order valence-corrected chi connectivity index (χ2v) is 4.74. The molecular formula is C12H22N4O. The van der Waals surface area contributed by atoms with Crippen molar-refractivity contribution in [1.82, 2.24) is 15.5 Å². The first kappa shape index (κ1) is 12.4. The smallest absolute Gasteiger partial charge is 0.266 e. The van der Waals surface area contributed by atoms with Crippen LogP contribution in [-0.2, 0) is 6.42 Å². The molecule has 1 aliphatic rings. The summed E-state index contributed by atoms with van der Waals surface area (Å²) in [6.07, 6.45) is 4.42. The molecule has 1 saturated heterocycles. The van der Waals surface area contributed by atoms with E-state index in [9.17, 15) is 0 Å². The summed E-state index contributed by atoms with van der Waals surface area (Å²) in [6.45, 7) is 7.47. The van der Waals surface area contributed by atoms with Gasteiger partial charge in [0.15, 0.2) is 0 Å². The van der Waals surface area contributed by atoms with E-state index in [1.807, 2.05) is 0 Å². The van der Waals surface area contributed by atoms with Gasteiger partial charge in [0.2, 0.25) is 5.89 Å². The number of anilines is 1. The Kier molecular flexibility index (Phi) is 4.36. The lowest BCUT2D eigenvalue weighted by Crippen LogP contribution is -2.28. The fourth-order valence-electron chi connectivity index (χ4n) is 2.10. The molecular weight excluding hydrogens is 216 g/mol. The van der Waals surface area contributed by atoms with E-state index in [0.29, 0.717) is 6.04 Å². The van der Waals surface area contributed by atoms with Crippen LogP contribution in [0.2, 0.25) is 0 Å². The Morgan fingerprint density at radius 3 is 2.88 bits per heavy atom. The summed E-state index contributed by atoms with van der Waals surface area (Å²) < 4.78 is 5.28. The van der Waals surface area contributed by atoms with Gasteiger partial charge in [-0.3, -0.25) is 0 Å². The number of nitrogens with zero attached hydrogens (tertiary/aromatic N) is 3. The van der Waals surface area contributed by atoms with Gasteiger partial charge in [-0.2, -0.15) is 4.98 Å². The molecule has 1 aliphatic heterocycles. The maximum Gasteiger partial charge on any atom is 0.266 e. The molecule has 2 rings (SSSR count). The van der Waals surface area contributed by atoms with Gasteiger partial charge in [0.25, 0.3) is 5.95 Å². The first-order valence-corrected chi connectivity index (χ1v) is 6.60. The van der Waals surface area contributed by atoms with Crippen LogP contribution in [0.25, 0.3) is 0 Å². The van der Waals surface area contributed by atoms with Gasteiger partial charge in [-0.15, -0.1) is 0 Å². The number of hydrogen-bond acceptors (Lipinski definition) is 5. The van der Waals surface area contributed by atoms with Crippen molar-refractivity contribution in [2.75, 3.05) is 24.5 Å². The third-order valence-corrected chi connectivity index (χ3v) is 3.07. The quantitative estimate of drug-likeness (QED) is 0.816. The van der Waals surface area contributed by atoms with E-state index in [-0.39, 0.29) is 0 Å². The zero-order valence-corrected chi connectivity index (χ0v) is 10.8. The molecule has 1 fully saturated rings. The van der Waals surface area contributed by atoms with E-state index in [1.165, 1.54) is 12.8 Å². The Hall–Kier alpha value is -1.10. The Morgan fingerprint density at radius 2 is 2.18 bits per heavy atom. The van der Waals surface area contributed by atoms with Crippen molar-refractivity contribution in [3.8, 4) is 0 Å². The van der Waals surface area contributed by atoms with Gasteiger partial charge in [-0.1, -0.05) is 6.92 Å². The summed E-state index contributed by atoms with van der Waals surface area (Å²) in [4.78, 5) is 6.64. The molecule has 17 heavy (non-hydrogen) atoms. The first-order valence-electron chi connectivity index (χ1n) is 6.60. The van der Waals surface area contributed by atoms with Crippen LogP contribution in [0.5, 0.6) is 0 Å². The van der Waals surface area contributed by atoms with Gasteiger partial charge >= 0.3 is 0 Å². The highest BCUT2D eigenvalue weighted by atomic mass is 16.5. The number of hydrogen-bond donors (Lipinski definition) is 1. The summed E-state index contributed by atoms with van der Waals surface area (Å²) in [6, 6.07) is 0.391. The molecule has 1 N–H and O–H groups in total. The van der Waals surface area contributed by atoms with Gasteiger partial charge < -0.3 is 14.7 Å². The van der Waals surface area contributed by atoms with Crippen molar-refractivity contribution < 1.29 is 4.52 Å². The summed E-state index contributed by atoms with van der Waals surface area (Å²) in [5.74, 6) is 1.50. The van der Waals surface area contributed by atoms with Crippen LogP contribution < -0.4 is 10.2 Å². The summed E-state index contributed by atoms with van der Waals surface area (Å²) in [5.41, 5.74) is 0. The highest BCUT2D eigenvalue weighted by Gasteiger charge is 2.18. The normalized spacial score (nSPS) is 17.6. The van der Waals surface area contributed by atoms with E-state index >= 15 is 0 Å². The van der Waals surface area contributed by atoms with Gasteiger partial charge in [0.05, 0.1) is 0 Å². The lowest BCUT2D eigenvalue weighted by Gasteiger charge is -2.10. The minimum atomic E-state index is 0.391. The first-order chi connectivity index (χ1) is 8.29. The molecule has 0 radical (unpaired) electrons. The van der Waals surface area contributed by atoms with Gasteiger partial charge in [0, 0.05) is 25.6 Å². The molecule has 5 nitrogen and oxygen atoms in total. The van der Waals surface area contributed by atoms with Gasteiger partial charge in [0.1, 0.15) is 0 Å². The molecule has 1 aromatic rings. The molecule has 0 spiro atoms. The molecule has 1 unspecified atom stereocenters. The van der Waals surface area contributed by atoms with Crippen LogP contribution in [0.15, 0.2) is 4.52 Å². The molecule has 1 atom stereocenters. The molecule has 1 aromatic heterocycles. The predicted molar refractivity (Wildman–Crippen MR) is 67.2 cm³/mol. The van der Waals surface area contributed by atoms with Gasteiger partial charge in [-0.05, 0) is 37.9 Å². The van der Waals surface area contributed by atoms with E-state index in [0.717, 1.165) is 44.3 Å². The molecule has 0 aliphatic carbocycles. The van der Waals surface area contributed by atoms with Crippen LogP contribution in [0.4, 0.5) is 5.95 Å². The SMILES string of the molecule is CCCNC(C)Cc1nc(N2CCCC2)no1.